The van der Waals surface area contributed by atoms with E-state index >= 15 is 0 Å². The first kappa shape index (κ1) is 20.4. The minimum Gasteiger partial charge on any atom is -0.490 e. The number of carbonyl (C=O) groups is 1. The molecule has 6 nitrogen and oxygen atoms in total. The van der Waals surface area contributed by atoms with E-state index in [9.17, 15) is 9.18 Å². The molecule has 0 radical (unpaired) electrons. The summed E-state index contributed by atoms with van der Waals surface area (Å²) >= 11 is 5.64. The van der Waals surface area contributed by atoms with Gasteiger partial charge in [-0.1, -0.05) is 12.1 Å². The van der Waals surface area contributed by atoms with Crippen LogP contribution in [0.3, 0.4) is 0 Å². The monoisotopic (exact) mass is 430 g/mol. The van der Waals surface area contributed by atoms with E-state index in [-0.39, 0.29) is 12.4 Å². The number of nitrogens with zero attached hydrogens (tertiary/aromatic N) is 1. The Hall–Kier alpha value is -2.87. The zero-order chi connectivity index (χ0) is 21.5. The summed E-state index contributed by atoms with van der Waals surface area (Å²) in [5.74, 6) is -0.358. The van der Waals surface area contributed by atoms with E-state index in [1.54, 1.807) is 30.9 Å². The number of rotatable bonds is 5. The molecular formula is C22H23FN2O4S. The number of halogens is 1. The van der Waals surface area contributed by atoms with Crippen molar-refractivity contribution in [3.05, 3.63) is 53.8 Å². The quantitative estimate of drug-likeness (QED) is 0.569. The smallest absolute Gasteiger partial charge is 0.317 e. The van der Waals surface area contributed by atoms with Crippen LogP contribution in [0.4, 0.5) is 10.1 Å². The summed E-state index contributed by atoms with van der Waals surface area (Å²) in [5, 5.41) is 3.66. The fourth-order valence-electron chi connectivity index (χ4n) is 4.21. The van der Waals surface area contributed by atoms with Crippen molar-refractivity contribution in [3.63, 3.8) is 0 Å². The molecule has 2 aliphatic heterocycles. The Labute approximate surface area is 179 Å². The van der Waals surface area contributed by atoms with Crippen molar-refractivity contribution in [2.75, 3.05) is 18.1 Å². The number of nitrogens with one attached hydrogen (secondary N) is 1. The summed E-state index contributed by atoms with van der Waals surface area (Å²) in [6.07, 6.45) is 0. The first-order valence-corrected chi connectivity index (χ1v) is 10.3. The lowest BCUT2D eigenvalue weighted by Gasteiger charge is -2.55. The van der Waals surface area contributed by atoms with Gasteiger partial charge >= 0.3 is 5.97 Å². The number of carbonyl (C=O) groups excluding carboxylic acids is 1. The minimum atomic E-state index is -1.21. The Morgan fingerprint density at radius 3 is 2.63 bits per heavy atom. The Bertz CT molecular complexity index is 984. The van der Waals surface area contributed by atoms with Crippen LogP contribution < -0.4 is 19.7 Å². The van der Waals surface area contributed by atoms with E-state index in [1.807, 2.05) is 25.1 Å². The number of thiocarbonyl (C=S) groups is 1. The predicted octanol–water partition coefficient (Wildman–Crippen LogP) is 3.95. The van der Waals surface area contributed by atoms with Gasteiger partial charge in [-0.3, -0.25) is 9.69 Å². The van der Waals surface area contributed by atoms with E-state index in [0.717, 1.165) is 5.56 Å². The molecule has 2 aromatic carbocycles. The fraction of sp³-hybridized carbons (Fsp3) is 0.364. The van der Waals surface area contributed by atoms with Crippen molar-refractivity contribution in [1.82, 2.24) is 5.32 Å². The summed E-state index contributed by atoms with van der Waals surface area (Å²) in [4.78, 5) is 14.8. The minimum absolute atomic E-state index is 0.241. The fourth-order valence-corrected chi connectivity index (χ4v) is 4.62. The van der Waals surface area contributed by atoms with E-state index < -0.39 is 23.7 Å². The van der Waals surface area contributed by atoms with Gasteiger partial charge in [0, 0.05) is 11.3 Å². The van der Waals surface area contributed by atoms with Gasteiger partial charge in [0.05, 0.1) is 19.3 Å². The van der Waals surface area contributed by atoms with Gasteiger partial charge in [0.25, 0.3) is 0 Å². The van der Waals surface area contributed by atoms with Crippen molar-refractivity contribution in [3.8, 4) is 11.5 Å². The highest BCUT2D eigenvalue weighted by Crippen LogP contribution is 2.52. The predicted molar refractivity (Wildman–Crippen MR) is 114 cm³/mol. The molecule has 1 saturated heterocycles. The SMILES string of the molecule is CCOC(=O)[C@@H]1[C@H]2NC(=S)N(c3ccc(F)cc3)[C@@]1(C)Oc1c(OCC)cccc12. The van der Waals surface area contributed by atoms with Crippen LogP contribution in [0.25, 0.3) is 0 Å². The molecule has 4 rings (SSSR count). The average molecular weight is 431 g/mol. The van der Waals surface area contributed by atoms with Crippen molar-refractivity contribution in [2.24, 2.45) is 5.92 Å². The third-order valence-electron chi connectivity index (χ3n) is 5.41. The Balaban J connectivity index is 1.90. The molecular weight excluding hydrogens is 407 g/mol. The van der Waals surface area contributed by atoms with Crippen molar-refractivity contribution in [1.29, 1.82) is 0 Å². The number of para-hydroxylation sites is 1. The summed E-state index contributed by atoms with van der Waals surface area (Å²) in [6, 6.07) is 11.0. The number of ether oxygens (including phenoxy) is 3. The molecule has 1 fully saturated rings. The zero-order valence-corrected chi connectivity index (χ0v) is 17.8. The highest BCUT2D eigenvalue weighted by Gasteiger charge is 2.60. The second kappa shape index (κ2) is 7.75. The molecule has 30 heavy (non-hydrogen) atoms. The average Bonchev–Trinajstić information content (AvgIpc) is 2.70. The molecule has 2 heterocycles. The molecule has 0 spiro atoms. The maximum Gasteiger partial charge on any atom is 0.317 e. The van der Waals surface area contributed by atoms with Gasteiger partial charge in [-0.2, -0.15) is 0 Å². The maximum atomic E-state index is 13.5. The van der Waals surface area contributed by atoms with Gasteiger partial charge < -0.3 is 19.5 Å². The number of anilines is 1. The third-order valence-corrected chi connectivity index (χ3v) is 5.72. The number of hydrogen-bond donors (Lipinski definition) is 1. The van der Waals surface area contributed by atoms with E-state index in [4.69, 9.17) is 26.4 Å². The number of hydrogen-bond acceptors (Lipinski definition) is 5. The van der Waals surface area contributed by atoms with Gasteiger partial charge in [0.1, 0.15) is 11.7 Å². The van der Waals surface area contributed by atoms with Crippen LogP contribution >= 0.6 is 12.2 Å². The summed E-state index contributed by atoms with van der Waals surface area (Å²) in [7, 11) is 0. The van der Waals surface area contributed by atoms with Crippen LogP contribution in [-0.2, 0) is 9.53 Å². The van der Waals surface area contributed by atoms with Crippen LogP contribution in [0.1, 0.15) is 32.4 Å². The highest BCUT2D eigenvalue weighted by atomic mass is 32.1. The standard InChI is InChI=1S/C22H23FN2O4S/c1-4-27-16-8-6-7-15-18-17(20(26)28-5-2)22(3,29-19(15)16)25(21(30)24-18)14-11-9-13(23)10-12-14/h6-12,17-18H,4-5H2,1-3H3,(H,24,30)/t17-,18-,22-/m0/s1. The molecule has 0 amide bonds. The molecule has 0 saturated carbocycles. The lowest BCUT2D eigenvalue weighted by atomic mass is 9.79. The topological polar surface area (TPSA) is 60.0 Å². The normalized spacial score (nSPS) is 24.4. The summed E-state index contributed by atoms with van der Waals surface area (Å²) in [5.41, 5.74) is 0.163. The second-order valence-electron chi connectivity index (χ2n) is 7.23. The molecule has 3 atom stereocenters. The van der Waals surface area contributed by atoms with Crippen molar-refractivity contribution in [2.45, 2.75) is 32.5 Å². The van der Waals surface area contributed by atoms with Crippen molar-refractivity contribution >= 4 is 29.0 Å². The van der Waals surface area contributed by atoms with Crippen LogP contribution in [0, 0.1) is 11.7 Å². The largest absolute Gasteiger partial charge is 0.490 e. The van der Waals surface area contributed by atoms with E-state index in [0.29, 0.717) is 28.9 Å². The Morgan fingerprint density at radius 1 is 1.23 bits per heavy atom. The molecule has 2 aromatic rings. The van der Waals surface area contributed by atoms with Gasteiger partial charge in [-0.25, -0.2) is 4.39 Å². The molecule has 0 aromatic heterocycles. The Morgan fingerprint density at radius 2 is 1.97 bits per heavy atom. The van der Waals surface area contributed by atoms with Crippen LogP contribution in [0.2, 0.25) is 0 Å². The van der Waals surface area contributed by atoms with Gasteiger partial charge in [-0.15, -0.1) is 0 Å². The molecule has 0 aliphatic carbocycles. The molecule has 158 valence electrons. The maximum absolute atomic E-state index is 13.5. The summed E-state index contributed by atoms with van der Waals surface area (Å²) in [6.45, 7) is 6.16. The van der Waals surface area contributed by atoms with Gasteiger partial charge in [0.15, 0.2) is 16.6 Å². The third kappa shape index (κ3) is 3.15. The van der Waals surface area contributed by atoms with Gasteiger partial charge in [-0.05, 0) is 63.3 Å². The number of fused-ring (bicyclic) bond motifs is 4. The Kier molecular flexibility index (Phi) is 5.27. The lowest BCUT2D eigenvalue weighted by Crippen LogP contribution is -2.71. The number of esters is 1. The first-order valence-electron chi connectivity index (χ1n) is 9.88. The highest BCUT2D eigenvalue weighted by molar-refractivity contribution is 7.80. The van der Waals surface area contributed by atoms with Gasteiger partial charge in [0.2, 0.25) is 5.72 Å². The molecule has 0 unspecified atom stereocenters. The van der Waals surface area contributed by atoms with Crippen molar-refractivity contribution < 1.29 is 23.4 Å². The van der Waals surface area contributed by atoms with Crippen LogP contribution in [0.15, 0.2) is 42.5 Å². The molecule has 2 bridgehead atoms. The zero-order valence-electron chi connectivity index (χ0n) is 17.0. The van der Waals surface area contributed by atoms with E-state index in [1.165, 1.54) is 12.1 Å². The van der Waals surface area contributed by atoms with E-state index in [2.05, 4.69) is 5.32 Å². The van der Waals surface area contributed by atoms with Crippen LogP contribution in [0.5, 0.6) is 11.5 Å². The molecule has 8 heteroatoms. The summed E-state index contributed by atoms with van der Waals surface area (Å²) < 4.78 is 31.2. The number of benzene rings is 2. The lowest BCUT2D eigenvalue weighted by molar-refractivity contribution is -0.159. The molecule has 2 aliphatic rings. The second-order valence-corrected chi connectivity index (χ2v) is 7.62. The first-order chi connectivity index (χ1) is 14.4. The molecule has 1 N–H and O–H groups in total. The van der Waals surface area contributed by atoms with Crippen LogP contribution in [-0.4, -0.2) is 30.0 Å².